The van der Waals surface area contributed by atoms with Gasteiger partial charge in [0.25, 0.3) is 5.91 Å². The van der Waals surface area contributed by atoms with Gasteiger partial charge in [0.05, 0.1) is 12.4 Å². The van der Waals surface area contributed by atoms with Gasteiger partial charge in [-0.05, 0) is 30.2 Å². The molecule has 0 spiro atoms. The zero-order chi connectivity index (χ0) is 19.3. The van der Waals surface area contributed by atoms with Crippen LogP contribution in [0.1, 0.15) is 16.1 Å². The van der Waals surface area contributed by atoms with E-state index in [1.165, 1.54) is 18.5 Å². The number of halogens is 1. The van der Waals surface area contributed by atoms with Crippen molar-refractivity contribution in [2.75, 3.05) is 24.0 Å². The number of hydrogen-bond acceptors (Lipinski definition) is 6. The maximum absolute atomic E-state index is 13.6. The molecule has 4 rings (SSSR count). The van der Waals surface area contributed by atoms with Gasteiger partial charge in [0.15, 0.2) is 11.5 Å². The summed E-state index contributed by atoms with van der Waals surface area (Å²) in [6, 6.07) is 11.8. The molecule has 0 radical (unpaired) electrons. The van der Waals surface area contributed by atoms with Gasteiger partial charge in [0, 0.05) is 18.3 Å². The number of carbonyl (C=O) groups is 1. The monoisotopic (exact) mass is 380 g/mol. The zero-order valence-electron chi connectivity index (χ0n) is 14.8. The van der Waals surface area contributed by atoms with E-state index < -0.39 is 0 Å². The van der Waals surface area contributed by atoms with E-state index in [1.54, 1.807) is 36.4 Å². The summed E-state index contributed by atoms with van der Waals surface area (Å²) in [5.74, 6) is 1.12. The van der Waals surface area contributed by atoms with Crippen molar-refractivity contribution in [3.8, 4) is 11.5 Å². The Morgan fingerprint density at radius 2 is 1.93 bits per heavy atom. The summed E-state index contributed by atoms with van der Waals surface area (Å²) >= 11 is 0. The first-order chi connectivity index (χ1) is 13.7. The number of hydrogen-bond donors (Lipinski definition) is 2. The summed E-state index contributed by atoms with van der Waals surface area (Å²) in [6.45, 7) is 0.669. The molecule has 1 aliphatic rings. The second kappa shape index (κ2) is 7.91. The van der Waals surface area contributed by atoms with Crippen molar-refractivity contribution in [2.45, 2.75) is 6.42 Å². The van der Waals surface area contributed by atoms with E-state index in [-0.39, 0.29) is 24.2 Å². The Morgan fingerprint density at radius 1 is 1.07 bits per heavy atom. The van der Waals surface area contributed by atoms with Crippen LogP contribution in [-0.2, 0) is 6.42 Å². The molecule has 142 valence electrons. The molecule has 7 nitrogen and oxygen atoms in total. The molecule has 1 aliphatic heterocycles. The molecule has 2 heterocycles. The predicted molar refractivity (Wildman–Crippen MR) is 101 cm³/mol. The number of nitrogens with zero attached hydrogens (tertiary/aromatic N) is 2. The molecule has 2 aromatic carbocycles. The summed E-state index contributed by atoms with van der Waals surface area (Å²) in [5.41, 5.74) is 1.38. The third-order valence-electron chi connectivity index (χ3n) is 4.17. The fraction of sp³-hybridized carbons (Fsp3) is 0.150. The molecule has 0 atom stereocenters. The zero-order valence-corrected chi connectivity index (χ0v) is 14.8. The van der Waals surface area contributed by atoms with E-state index in [4.69, 9.17) is 9.47 Å². The minimum Gasteiger partial charge on any atom is -0.454 e. The molecule has 0 aliphatic carbocycles. The Morgan fingerprint density at radius 3 is 2.75 bits per heavy atom. The maximum Gasteiger partial charge on any atom is 0.275 e. The average molecular weight is 380 g/mol. The number of aromatic nitrogens is 2. The Bertz CT molecular complexity index is 995. The first-order valence-electron chi connectivity index (χ1n) is 8.69. The van der Waals surface area contributed by atoms with Crippen LogP contribution < -0.4 is 20.1 Å². The SMILES string of the molecule is O=C(Nc1ccc2c(c1)OCO2)c1cnc(NCCc2ccccc2F)cn1. The van der Waals surface area contributed by atoms with E-state index in [2.05, 4.69) is 20.6 Å². The Labute approximate surface area is 160 Å². The summed E-state index contributed by atoms with van der Waals surface area (Å²) in [7, 11) is 0. The van der Waals surface area contributed by atoms with E-state index in [9.17, 15) is 9.18 Å². The summed E-state index contributed by atoms with van der Waals surface area (Å²) < 4.78 is 24.1. The van der Waals surface area contributed by atoms with E-state index >= 15 is 0 Å². The van der Waals surface area contributed by atoms with Gasteiger partial charge < -0.3 is 20.1 Å². The largest absolute Gasteiger partial charge is 0.454 e. The van der Waals surface area contributed by atoms with Crippen LogP contribution in [0.25, 0.3) is 0 Å². The summed E-state index contributed by atoms with van der Waals surface area (Å²) in [6.07, 6.45) is 3.37. The highest BCUT2D eigenvalue weighted by Crippen LogP contribution is 2.34. The van der Waals surface area contributed by atoms with Gasteiger partial charge in [-0.15, -0.1) is 0 Å². The lowest BCUT2D eigenvalue weighted by atomic mass is 10.1. The van der Waals surface area contributed by atoms with Crippen molar-refractivity contribution in [1.82, 2.24) is 9.97 Å². The number of ether oxygens (including phenoxy) is 2. The molecule has 1 aromatic heterocycles. The van der Waals surface area contributed by atoms with E-state index in [1.807, 2.05) is 0 Å². The predicted octanol–water partition coefficient (Wildman–Crippen LogP) is 3.25. The Kier molecular flexibility index (Phi) is 5.01. The fourth-order valence-corrected chi connectivity index (χ4v) is 2.73. The van der Waals surface area contributed by atoms with Gasteiger partial charge in [0.2, 0.25) is 6.79 Å². The molecule has 1 amide bonds. The quantitative estimate of drug-likeness (QED) is 0.683. The van der Waals surface area contributed by atoms with Crippen LogP contribution in [0.3, 0.4) is 0 Å². The third-order valence-corrected chi connectivity index (χ3v) is 4.17. The molecule has 0 unspecified atom stereocenters. The lowest BCUT2D eigenvalue weighted by Gasteiger charge is -2.08. The highest BCUT2D eigenvalue weighted by Gasteiger charge is 2.15. The molecular formula is C20H17FN4O3. The number of anilines is 2. The van der Waals surface area contributed by atoms with Crippen LogP contribution in [0.15, 0.2) is 54.9 Å². The van der Waals surface area contributed by atoms with Crippen LogP contribution in [0.2, 0.25) is 0 Å². The van der Waals surface area contributed by atoms with Crippen molar-refractivity contribution in [3.63, 3.8) is 0 Å². The second-order valence-corrected chi connectivity index (χ2v) is 6.08. The third kappa shape index (κ3) is 4.01. The molecule has 0 bridgehead atoms. The minimum absolute atomic E-state index is 0.170. The summed E-state index contributed by atoms with van der Waals surface area (Å²) in [5, 5.41) is 5.80. The van der Waals surface area contributed by atoms with Crippen molar-refractivity contribution >= 4 is 17.4 Å². The number of fused-ring (bicyclic) bond motifs is 1. The van der Waals surface area contributed by atoms with Crippen molar-refractivity contribution < 1.29 is 18.7 Å². The van der Waals surface area contributed by atoms with Gasteiger partial charge in [0.1, 0.15) is 17.3 Å². The molecule has 0 saturated carbocycles. The Balaban J connectivity index is 1.32. The van der Waals surface area contributed by atoms with E-state index in [0.717, 1.165) is 0 Å². The van der Waals surface area contributed by atoms with E-state index in [0.29, 0.717) is 41.5 Å². The van der Waals surface area contributed by atoms with Crippen molar-refractivity contribution in [3.05, 3.63) is 71.9 Å². The normalized spacial score (nSPS) is 11.9. The van der Waals surface area contributed by atoms with Crippen LogP contribution in [0, 0.1) is 5.82 Å². The molecular weight excluding hydrogens is 363 g/mol. The smallest absolute Gasteiger partial charge is 0.275 e. The standard InChI is InChI=1S/C20H17FN4O3/c21-15-4-2-1-3-13(15)7-8-22-19-11-23-16(10-24-19)20(26)25-14-5-6-17-18(9-14)28-12-27-17/h1-6,9-11H,7-8,12H2,(H,22,24)(H,25,26). The first kappa shape index (κ1) is 17.7. The topological polar surface area (TPSA) is 85.4 Å². The van der Waals surface area contributed by atoms with Gasteiger partial charge >= 0.3 is 0 Å². The molecule has 3 aromatic rings. The second-order valence-electron chi connectivity index (χ2n) is 6.08. The lowest BCUT2D eigenvalue weighted by molar-refractivity contribution is 0.102. The van der Waals surface area contributed by atoms with Crippen LogP contribution >= 0.6 is 0 Å². The molecule has 28 heavy (non-hydrogen) atoms. The maximum atomic E-state index is 13.6. The Hall–Kier alpha value is -3.68. The van der Waals surface area contributed by atoms with Crippen molar-refractivity contribution in [2.24, 2.45) is 0 Å². The number of benzene rings is 2. The van der Waals surface area contributed by atoms with Crippen molar-refractivity contribution in [1.29, 1.82) is 0 Å². The molecule has 2 N–H and O–H groups in total. The number of carbonyl (C=O) groups excluding carboxylic acids is 1. The molecule has 0 saturated heterocycles. The highest BCUT2D eigenvalue weighted by atomic mass is 19.1. The molecule has 0 fully saturated rings. The molecule has 8 heteroatoms. The number of rotatable bonds is 6. The van der Waals surface area contributed by atoms with Gasteiger partial charge in [-0.1, -0.05) is 18.2 Å². The van der Waals surface area contributed by atoms with Gasteiger partial charge in [-0.3, -0.25) is 4.79 Å². The number of amides is 1. The number of nitrogens with one attached hydrogen (secondary N) is 2. The fourth-order valence-electron chi connectivity index (χ4n) is 2.73. The summed E-state index contributed by atoms with van der Waals surface area (Å²) in [4.78, 5) is 20.6. The van der Waals surface area contributed by atoms with Crippen LogP contribution in [0.4, 0.5) is 15.9 Å². The average Bonchev–Trinajstić information content (AvgIpc) is 3.18. The van der Waals surface area contributed by atoms with Gasteiger partial charge in [-0.2, -0.15) is 0 Å². The van der Waals surface area contributed by atoms with Gasteiger partial charge in [-0.25, -0.2) is 14.4 Å². The first-order valence-corrected chi connectivity index (χ1v) is 8.69. The van der Waals surface area contributed by atoms with Crippen LogP contribution in [-0.4, -0.2) is 29.2 Å². The minimum atomic E-state index is -0.385. The van der Waals surface area contributed by atoms with Crippen LogP contribution in [0.5, 0.6) is 11.5 Å². The highest BCUT2D eigenvalue weighted by molar-refractivity contribution is 6.02. The lowest BCUT2D eigenvalue weighted by Crippen LogP contribution is -2.15.